The lowest BCUT2D eigenvalue weighted by Gasteiger charge is -2.24. The highest BCUT2D eigenvalue weighted by atomic mass is 32.1. The van der Waals surface area contributed by atoms with Crippen LogP contribution in [0.3, 0.4) is 0 Å². The predicted octanol–water partition coefficient (Wildman–Crippen LogP) is 7.12. The number of carbonyl (C=O) groups is 3. The highest BCUT2D eigenvalue weighted by Gasteiger charge is 2.32. The number of ether oxygens (including phenoxy) is 4. The number of benzene rings is 3. The summed E-state index contributed by atoms with van der Waals surface area (Å²) in [7, 11) is 0. The second kappa shape index (κ2) is 14.8. The van der Waals surface area contributed by atoms with Crippen molar-refractivity contribution >= 4 is 29.1 Å². The van der Waals surface area contributed by atoms with Crippen LogP contribution in [-0.2, 0) is 14.3 Å². The van der Waals surface area contributed by atoms with Crippen molar-refractivity contribution in [3.05, 3.63) is 99.6 Å². The van der Waals surface area contributed by atoms with Crippen molar-refractivity contribution < 1.29 is 33.3 Å². The van der Waals surface area contributed by atoms with Crippen LogP contribution in [0.2, 0.25) is 0 Å². The second-order valence-corrected chi connectivity index (χ2v) is 12.6. The zero-order valence-electron chi connectivity index (χ0n) is 26.7. The van der Waals surface area contributed by atoms with E-state index in [-0.39, 0.29) is 19.0 Å². The van der Waals surface area contributed by atoms with Crippen molar-refractivity contribution in [1.29, 1.82) is 5.26 Å². The van der Waals surface area contributed by atoms with Crippen molar-refractivity contribution in [2.24, 2.45) is 5.92 Å². The molecule has 4 aromatic rings. The molecule has 3 aromatic carbocycles. The van der Waals surface area contributed by atoms with Crippen LogP contribution in [0, 0.1) is 31.1 Å². The van der Waals surface area contributed by atoms with Gasteiger partial charge >= 0.3 is 11.9 Å². The monoisotopic (exact) mass is 640 g/mol. The molecule has 0 saturated carbocycles. The topological polar surface area (TPSA) is 125 Å². The molecule has 1 aromatic heterocycles. The minimum Gasteiger partial charge on any atom is -0.492 e. The van der Waals surface area contributed by atoms with Crippen LogP contribution in [0.5, 0.6) is 11.5 Å². The van der Waals surface area contributed by atoms with Crippen molar-refractivity contribution in [2.75, 3.05) is 19.8 Å². The summed E-state index contributed by atoms with van der Waals surface area (Å²) >= 11 is 1.15. The molecule has 0 aliphatic carbocycles. The van der Waals surface area contributed by atoms with Crippen LogP contribution >= 0.6 is 11.3 Å². The Kier molecular flexibility index (Phi) is 10.9. The molecule has 4 rings (SSSR count). The third-order valence-corrected chi connectivity index (χ3v) is 7.93. The molecule has 0 bridgehead atoms. The minimum absolute atomic E-state index is 0.112. The summed E-state index contributed by atoms with van der Waals surface area (Å²) in [6, 6.07) is 21.2. The summed E-state index contributed by atoms with van der Waals surface area (Å²) in [5.74, 6) is -0.140. The normalized spacial score (nSPS) is 11.1. The Bertz CT molecular complexity index is 1750. The summed E-state index contributed by atoms with van der Waals surface area (Å²) in [6.45, 7) is 11.0. The fraction of sp³-hybridized carbons (Fsp3) is 0.306. The first kappa shape index (κ1) is 33.9. The molecule has 0 saturated heterocycles. The van der Waals surface area contributed by atoms with E-state index < -0.39 is 17.5 Å². The quantitative estimate of drug-likeness (QED) is 0.0853. The SMILES string of the molecule is Cc1ccc(C(=O)c2ccc(OC(C)(C)C(=O)OCCOC(=O)c3sc(-c4ccc(OCC(C)C)c(C#N)c4)nc3C)cc2)cc1. The first-order valence-electron chi connectivity index (χ1n) is 14.8. The van der Waals surface area contributed by atoms with E-state index in [1.807, 2.05) is 32.9 Å². The minimum atomic E-state index is -1.34. The summed E-state index contributed by atoms with van der Waals surface area (Å²) in [5, 5.41) is 10.1. The number of rotatable bonds is 13. The Morgan fingerprint density at radius 1 is 0.913 bits per heavy atom. The molecule has 0 aliphatic rings. The molecule has 0 unspecified atom stereocenters. The van der Waals surface area contributed by atoms with E-state index in [2.05, 4.69) is 11.1 Å². The fourth-order valence-corrected chi connectivity index (χ4v) is 5.19. The van der Waals surface area contributed by atoms with Gasteiger partial charge in [-0.05, 0) is 76.1 Å². The van der Waals surface area contributed by atoms with Crippen LogP contribution < -0.4 is 9.47 Å². The first-order valence-corrected chi connectivity index (χ1v) is 15.6. The molecule has 0 fully saturated rings. The molecule has 0 N–H and O–H groups in total. The van der Waals surface area contributed by atoms with Crippen molar-refractivity contribution in [3.63, 3.8) is 0 Å². The molecule has 0 atom stereocenters. The number of thiazole rings is 1. The summed E-state index contributed by atoms with van der Waals surface area (Å²) in [6.07, 6.45) is 0. The van der Waals surface area contributed by atoms with E-state index in [1.54, 1.807) is 75.4 Å². The van der Waals surface area contributed by atoms with Crippen LogP contribution in [0.4, 0.5) is 0 Å². The van der Waals surface area contributed by atoms with Crippen molar-refractivity contribution in [1.82, 2.24) is 4.98 Å². The van der Waals surface area contributed by atoms with Gasteiger partial charge in [-0.15, -0.1) is 11.3 Å². The van der Waals surface area contributed by atoms with Crippen LogP contribution in [-0.4, -0.2) is 48.1 Å². The number of nitrogens with zero attached hydrogens (tertiary/aromatic N) is 2. The lowest BCUT2D eigenvalue weighted by atomic mass is 10.0. The van der Waals surface area contributed by atoms with Gasteiger partial charge in [0.25, 0.3) is 0 Å². The largest absolute Gasteiger partial charge is 0.492 e. The molecule has 10 heteroatoms. The van der Waals surface area contributed by atoms with Gasteiger partial charge in [0.2, 0.25) is 0 Å². The number of aromatic nitrogens is 1. The predicted molar refractivity (Wildman–Crippen MR) is 174 cm³/mol. The average molecular weight is 641 g/mol. The van der Waals surface area contributed by atoms with Crippen LogP contribution in [0.15, 0.2) is 66.7 Å². The molecule has 0 radical (unpaired) electrons. The van der Waals surface area contributed by atoms with Gasteiger partial charge in [-0.25, -0.2) is 14.6 Å². The summed E-state index contributed by atoms with van der Waals surface area (Å²) < 4.78 is 22.2. The van der Waals surface area contributed by atoms with Gasteiger partial charge in [0, 0.05) is 16.7 Å². The molecule has 238 valence electrons. The van der Waals surface area contributed by atoms with Gasteiger partial charge < -0.3 is 18.9 Å². The first-order chi connectivity index (χ1) is 21.9. The highest BCUT2D eigenvalue weighted by molar-refractivity contribution is 7.17. The Labute approximate surface area is 272 Å². The third-order valence-electron chi connectivity index (χ3n) is 6.75. The van der Waals surface area contributed by atoms with Crippen molar-refractivity contribution in [3.8, 4) is 28.1 Å². The van der Waals surface area contributed by atoms with Gasteiger partial charge in [0.05, 0.1) is 17.9 Å². The summed E-state index contributed by atoms with van der Waals surface area (Å²) in [5.41, 5.74) is 2.37. The van der Waals surface area contributed by atoms with E-state index in [0.717, 1.165) is 16.9 Å². The Morgan fingerprint density at radius 2 is 1.54 bits per heavy atom. The van der Waals surface area contributed by atoms with Gasteiger partial charge in [0.15, 0.2) is 11.4 Å². The van der Waals surface area contributed by atoms with E-state index in [4.69, 9.17) is 18.9 Å². The van der Waals surface area contributed by atoms with E-state index in [1.165, 1.54) is 0 Å². The molecule has 1 heterocycles. The van der Waals surface area contributed by atoms with Gasteiger partial charge in [0.1, 0.15) is 40.7 Å². The zero-order valence-corrected chi connectivity index (χ0v) is 27.5. The van der Waals surface area contributed by atoms with Gasteiger partial charge in [-0.2, -0.15) is 5.26 Å². The van der Waals surface area contributed by atoms with E-state index in [0.29, 0.717) is 61.9 Å². The molecule has 9 nitrogen and oxygen atoms in total. The molecular weight excluding hydrogens is 604 g/mol. The molecule has 0 amide bonds. The second-order valence-electron chi connectivity index (χ2n) is 11.6. The lowest BCUT2D eigenvalue weighted by molar-refractivity contribution is -0.160. The standard InChI is InChI=1S/C36H36N2O7S/c1-22(2)21-44-30-16-13-27(19-28(30)20-37)33-38-24(4)32(46-33)34(40)42-17-18-43-35(41)36(5,6)45-29-14-11-26(12-15-29)31(39)25-9-7-23(3)8-10-25/h7-16,19,22H,17-18,21H2,1-6H3. The number of hydrogen-bond donors (Lipinski definition) is 0. The molecule has 0 spiro atoms. The Morgan fingerprint density at radius 3 is 2.17 bits per heavy atom. The summed E-state index contributed by atoms with van der Waals surface area (Å²) in [4.78, 5) is 43.1. The van der Waals surface area contributed by atoms with E-state index >= 15 is 0 Å². The molecule has 0 aliphatic heterocycles. The maximum Gasteiger partial charge on any atom is 0.350 e. The maximum absolute atomic E-state index is 12.8. The van der Waals surface area contributed by atoms with Crippen LogP contribution in [0.25, 0.3) is 10.6 Å². The van der Waals surface area contributed by atoms with Crippen LogP contribution in [0.1, 0.15) is 70.1 Å². The number of ketones is 1. The highest BCUT2D eigenvalue weighted by Crippen LogP contribution is 2.32. The molecular formula is C36H36N2O7S. The maximum atomic E-state index is 12.8. The number of nitriles is 1. The zero-order chi connectivity index (χ0) is 33.4. The number of carbonyl (C=O) groups excluding carboxylic acids is 3. The third kappa shape index (κ3) is 8.58. The smallest absolute Gasteiger partial charge is 0.350 e. The van der Waals surface area contributed by atoms with Crippen molar-refractivity contribution in [2.45, 2.75) is 47.1 Å². The Hall–Kier alpha value is -5.01. The van der Waals surface area contributed by atoms with E-state index in [9.17, 15) is 19.6 Å². The molecule has 46 heavy (non-hydrogen) atoms. The number of aryl methyl sites for hydroxylation is 2. The number of hydrogen-bond acceptors (Lipinski definition) is 10. The van der Waals surface area contributed by atoms with Gasteiger partial charge in [-0.3, -0.25) is 4.79 Å². The average Bonchev–Trinajstić information content (AvgIpc) is 3.43. The van der Waals surface area contributed by atoms with Gasteiger partial charge in [-0.1, -0.05) is 43.7 Å². The lowest BCUT2D eigenvalue weighted by Crippen LogP contribution is -2.40. The Balaban J connectivity index is 1.28. The fourth-order valence-electron chi connectivity index (χ4n) is 4.23. The number of esters is 2.